The van der Waals surface area contributed by atoms with Crippen molar-refractivity contribution in [3.63, 3.8) is 0 Å². The Hall–Kier alpha value is -6.75. The van der Waals surface area contributed by atoms with Crippen LogP contribution in [0.25, 0.3) is 0 Å². The second-order valence-corrected chi connectivity index (χ2v) is 27.6. The lowest BCUT2D eigenvalue weighted by Gasteiger charge is -2.31. The molecule has 3 aromatic carbocycles. The molecule has 6 heterocycles. The van der Waals surface area contributed by atoms with E-state index in [0.29, 0.717) is 33.8 Å². The molecule has 3 aromatic heterocycles. The van der Waals surface area contributed by atoms with Gasteiger partial charge in [-0.15, -0.1) is 0 Å². The van der Waals surface area contributed by atoms with Crippen LogP contribution < -0.4 is 14.2 Å². The summed E-state index contributed by atoms with van der Waals surface area (Å²) in [5.74, 6) is 0.522. The summed E-state index contributed by atoms with van der Waals surface area (Å²) in [6, 6.07) is 38.3. The molecule has 84 heavy (non-hydrogen) atoms. The first kappa shape index (κ1) is 64.8. The van der Waals surface area contributed by atoms with Gasteiger partial charge < -0.3 is 14.7 Å². The molecule has 0 aliphatic carbocycles. The summed E-state index contributed by atoms with van der Waals surface area (Å²) in [6.07, 6.45) is 11.2. The molecule has 9 rings (SSSR count). The van der Waals surface area contributed by atoms with E-state index in [-0.39, 0.29) is 35.1 Å². The zero-order chi connectivity index (χ0) is 60.4. The molecule has 0 atom stereocenters. The highest BCUT2D eigenvalue weighted by Gasteiger charge is 2.29. The van der Waals surface area contributed by atoms with Crippen LogP contribution in [0.5, 0.6) is 0 Å². The molecule has 3 aliphatic rings. The van der Waals surface area contributed by atoms with Crippen LogP contribution in [0.1, 0.15) is 104 Å². The van der Waals surface area contributed by atoms with Crippen molar-refractivity contribution in [3.05, 3.63) is 178 Å². The number of benzene rings is 3. The maximum Gasteiger partial charge on any atom is 0.229 e. The maximum absolute atomic E-state index is 12.8. The van der Waals surface area contributed by atoms with Crippen LogP contribution in [0.3, 0.4) is 0 Å². The van der Waals surface area contributed by atoms with E-state index in [1.54, 1.807) is 72.8 Å². The van der Waals surface area contributed by atoms with Crippen molar-refractivity contribution in [2.45, 2.75) is 78.6 Å². The van der Waals surface area contributed by atoms with Gasteiger partial charge in [-0.25, -0.2) is 25.3 Å². The summed E-state index contributed by atoms with van der Waals surface area (Å²) < 4.78 is 74.9. The molecular weight excluding hydrogens is 1120 g/mol. The Labute approximate surface area is 497 Å². The quantitative estimate of drug-likeness (QED) is 0.0572. The number of sulfonamides is 3. The second-order valence-electron chi connectivity index (χ2n) is 22.4. The maximum atomic E-state index is 12.8. The second kappa shape index (κ2) is 30.4. The lowest BCUT2D eigenvalue weighted by atomic mass is 9.89. The number of hydrogen-bond donors (Lipinski definition) is 3. The number of hydrogen-bond acceptors (Lipinski definition) is 15. The summed E-state index contributed by atoms with van der Waals surface area (Å²) in [6.45, 7) is 14.4. The minimum Gasteiger partial charge on any atom is -0.303 e. The zero-order valence-electron chi connectivity index (χ0n) is 49.2. The number of aromatic nitrogens is 3. The normalized spacial score (nSPS) is 16.1. The minimum atomic E-state index is -3.31. The number of piperidine rings is 3. The molecule has 21 heteroatoms. The number of aryl methyl sites for hydroxylation is 3. The predicted octanol–water partition coefficient (Wildman–Crippen LogP) is 8.70. The van der Waals surface area contributed by atoms with E-state index in [1.807, 2.05) is 57.2 Å². The van der Waals surface area contributed by atoms with E-state index in [4.69, 9.17) is 0 Å². The van der Waals surface area contributed by atoms with Crippen molar-refractivity contribution in [1.29, 1.82) is 0 Å². The molecule has 6 aromatic rings. The van der Waals surface area contributed by atoms with Crippen LogP contribution in [0.15, 0.2) is 127 Å². The third-order valence-corrected chi connectivity index (χ3v) is 17.0. The van der Waals surface area contributed by atoms with E-state index in [9.17, 15) is 39.6 Å². The highest BCUT2D eigenvalue weighted by atomic mass is 32.2. The number of carbonyl (C=O) groups is 3. The fraction of sp³-hybridized carbons (Fsp3) is 0.429. The molecule has 0 unspecified atom stereocenters. The monoisotopic (exact) mass is 1200 g/mol. The minimum absolute atomic E-state index is 0.0297. The van der Waals surface area contributed by atoms with E-state index < -0.39 is 30.1 Å². The lowest BCUT2D eigenvalue weighted by molar-refractivity contribution is 0.0834. The highest BCUT2D eigenvalue weighted by molar-refractivity contribution is 7.92. The average Bonchev–Trinajstić information content (AvgIpc) is 3.49. The Bertz CT molecular complexity index is 3120. The number of ketones is 3. The Morgan fingerprint density at radius 2 is 0.607 bits per heavy atom. The molecule has 0 bridgehead atoms. The van der Waals surface area contributed by atoms with Crippen LogP contribution >= 0.6 is 0 Å². The van der Waals surface area contributed by atoms with Crippen molar-refractivity contribution in [2.24, 2.45) is 17.8 Å². The summed E-state index contributed by atoms with van der Waals surface area (Å²) in [7, 11) is -9.93. The number of nitrogens with zero attached hydrogens (tertiary/aromatic N) is 6. The molecule has 0 spiro atoms. The van der Waals surface area contributed by atoms with Gasteiger partial charge in [0.1, 0.15) is 0 Å². The van der Waals surface area contributed by atoms with Gasteiger partial charge in [0, 0.05) is 125 Å². The third-order valence-electron chi connectivity index (χ3n) is 15.2. The molecule has 0 amide bonds. The van der Waals surface area contributed by atoms with Crippen LogP contribution in [0.2, 0.25) is 0 Å². The summed E-state index contributed by atoms with van der Waals surface area (Å²) in [4.78, 5) is 59.1. The van der Waals surface area contributed by atoms with E-state index in [1.165, 1.54) is 0 Å². The number of anilines is 3. The van der Waals surface area contributed by atoms with Crippen molar-refractivity contribution in [3.8, 4) is 0 Å². The SMILES string of the molecule is Cc1cccc(CCN2CCC(C(=O)c3ccc(NS(C)(=O)=O)cc3)CC2)n1.Cc1cccc(CCN2CCC(C(=O)c3ccc(NS(C)(=O)=O)cc3)CC2)n1.Cc1cccc(CCN2CCC(C(=O)c3ccc(NS(C)(=O)=O)cc3)CC2)n1. The van der Waals surface area contributed by atoms with Gasteiger partial charge in [0.2, 0.25) is 30.1 Å². The summed E-state index contributed by atoms with van der Waals surface area (Å²) in [5.41, 5.74) is 9.79. The number of Topliss-reactive ketones (excluding diaryl/α,β-unsaturated/α-hetero) is 3. The molecule has 0 radical (unpaired) electrons. The smallest absolute Gasteiger partial charge is 0.229 e. The van der Waals surface area contributed by atoms with Gasteiger partial charge in [0.05, 0.1) is 18.8 Å². The first-order valence-corrected chi connectivity index (χ1v) is 34.4. The lowest BCUT2D eigenvalue weighted by Crippen LogP contribution is -2.37. The standard InChI is InChI=1S/3C21H27N3O3S/c3*1-16-4-3-5-19(22-16)12-15-24-13-10-18(11-14-24)21(25)17-6-8-20(9-7-17)23-28(2,26)27/h3*3-9,18,23H,10-15H2,1-2H3. The molecule has 3 N–H and O–H groups in total. The first-order chi connectivity index (χ1) is 39.9. The Morgan fingerprint density at radius 3 is 0.810 bits per heavy atom. The van der Waals surface area contributed by atoms with Crippen LogP contribution in [0, 0.1) is 38.5 Å². The van der Waals surface area contributed by atoms with Crippen LogP contribution in [-0.4, -0.2) is 150 Å². The van der Waals surface area contributed by atoms with Gasteiger partial charge in [-0.2, -0.15) is 0 Å². The van der Waals surface area contributed by atoms with Gasteiger partial charge in [-0.3, -0.25) is 43.5 Å². The topological polar surface area (TPSA) is 238 Å². The number of carbonyl (C=O) groups excluding carboxylic acids is 3. The third kappa shape index (κ3) is 22.0. The van der Waals surface area contributed by atoms with E-state index >= 15 is 0 Å². The Kier molecular flexibility index (Phi) is 23.4. The van der Waals surface area contributed by atoms with Crippen molar-refractivity contribution < 1.29 is 39.6 Å². The number of rotatable bonds is 21. The van der Waals surface area contributed by atoms with Crippen molar-refractivity contribution in [1.82, 2.24) is 29.7 Å². The fourth-order valence-corrected chi connectivity index (χ4v) is 12.4. The zero-order valence-corrected chi connectivity index (χ0v) is 51.6. The summed E-state index contributed by atoms with van der Waals surface area (Å²) in [5, 5.41) is 0. The van der Waals surface area contributed by atoms with Crippen molar-refractivity contribution >= 4 is 64.5 Å². The number of pyridine rings is 3. The van der Waals surface area contributed by atoms with Gasteiger partial charge in [0.25, 0.3) is 0 Å². The molecule has 450 valence electrons. The van der Waals surface area contributed by atoms with Crippen molar-refractivity contribution in [2.75, 3.05) is 91.8 Å². The number of nitrogens with one attached hydrogen (secondary N) is 3. The Balaban J connectivity index is 0.000000181. The van der Waals surface area contributed by atoms with Gasteiger partial charge in [-0.1, -0.05) is 18.2 Å². The van der Waals surface area contributed by atoms with Gasteiger partial charge >= 0.3 is 0 Å². The molecule has 3 fully saturated rings. The largest absolute Gasteiger partial charge is 0.303 e. The molecular formula is C63H81N9O9S3. The van der Waals surface area contributed by atoms with Crippen LogP contribution in [-0.2, 0) is 49.3 Å². The first-order valence-electron chi connectivity index (χ1n) is 28.7. The molecule has 3 aliphatic heterocycles. The predicted molar refractivity (Wildman–Crippen MR) is 333 cm³/mol. The van der Waals surface area contributed by atoms with Gasteiger partial charge in [0.15, 0.2) is 17.3 Å². The van der Waals surface area contributed by atoms with Gasteiger partial charge in [-0.05, 0) is 208 Å². The average molecular weight is 1200 g/mol. The number of likely N-dealkylation sites (tertiary alicyclic amines) is 3. The fourth-order valence-electron chi connectivity index (χ4n) is 10.7. The Morgan fingerprint density at radius 1 is 0.381 bits per heavy atom. The molecule has 18 nitrogen and oxygen atoms in total. The molecule has 0 saturated carbocycles. The van der Waals surface area contributed by atoms with E-state index in [0.717, 1.165) is 170 Å². The summed E-state index contributed by atoms with van der Waals surface area (Å²) >= 11 is 0. The highest BCUT2D eigenvalue weighted by Crippen LogP contribution is 2.27. The van der Waals surface area contributed by atoms with E-state index in [2.05, 4.69) is 62.0 Å². The van der Waals surface area contributed by atoms with Crippen LogP contribution in [0.4, 0.5) is 17.1 Å². The molecule has 3 saturated heterocycles.